The number of carbonyl (C=O) groups excluding carboxylic acids is 3. The minimum Gasteiger partial charge on any atom is -0.494 e. The Hall–Kier alpha value is -2.67. The van der Waals surface area contributed by atoms with Crippen molar-refractivity contribution in [1.82, 2.24) is 4.90 Å². The van der Waals surface area contributed by atoms with E-state index in [2.05, 4.69) is 29.8 Å². The molecule has 2 aromatic rings. The Labute approximate surface area is 190 Å². The minimum atomic E-state index is -0.315. The van der Waals surface area contributed by atoms with E-state index in [0.29, 0.717) is 36.5 Å². The van der Waals surface area contributed by atoms with Crippen LogP contribution in [0.3, 0.4) is 0 Å². The van der Waals surface area contributed by atoms with Gasteiger partial charge in [0.2, 0.25) is 0 Å². The lowest BCUT2D eigenvalue weighted by Gasteiger charge is -2.13. The van der Waals surface area contributed by atoms with E-state index >= 15 is 0 Å². The Morgan fingerprint density at radius 1 is 0.968 bits per heavy atom. The molecular weight excluding hydrogens is 462 g/mol. The van der Waals surface area contributed by atoms with Crippen LogP contribution in [-0.2, 0) is 9.53 Å². The van der Waals surface area contributed by atoms with Crippen molar-refractivity contribution in [2.45, 2.75) is 39.0 Å². The van der Waals surface area contributed by atoms with E-state index in [1.165, 1.54) is 10.5 Å². The maximum Gasteiger partial charge on any atom is 0.305 e. The van der Waals surface area contributed by atoms with Gasteiger partial charge in [-0.25, -0.2) is 0 Å². The summed E-state index contributed by atoms with van der Waals surface area (Å²) in [6, 6.07) is 13.0. The van der Waals surface area contributed by atoms with Crippen molar-refractivity contribution in [3.8, 4) is 5.75 Å². The van der Waals surface area contributed by atoms with Gasteiger partial charge in [-0.05, 0) is 54.7 Å². The van der Waals surface area contributed by atoms with Gasteiger partial charge >= 0.3 is 5.97 Å². The van der Waals surface area contributed by atoms with E-state index in [-0.39, 0.29) is 37.4 Å². The fraction of sp³-hybridized carbons (Fsp3) is 0.375. The standard InChI is InChI=1S/C24H26BrNO5/c1-16(2)17-6-9-19(10-7-17)30-13-3-5-22(27)31-14-4-12-26-23(28)20-11-8-18(25)15-21(20)24(26)29/h6-11,15-16H,3-5,12-14H2,1-2H3. The van der Waals surface area contributed by atoms with Gasteiger partial charge in [0.25, 0.3) is 11.8 Å². The normalized spacial score (nSPS) is 13.0. The first-order chi connectivity index (χ1) is 14.9. The number of amides is 2. The van der Waals surface area contributed by atoms with Crippen LogP contribution in [0.15, 0.2) is 46.9 Å². The summed E-state index contributed by atoms with van der Waals surface area (Å²) >= 11 is 3.31. The lowest BCUT2D eigenvalue weighted by Crippen LogP contribution is -2.31. The summed E-state index contributed by atoms with van der Waals surface area (Å²) in [4.78, 5) is 37.8. The molecule has 1 aliphatic heterocycles. The number of esters is 1. The van der Waals surface area contributed by atoms with E-state index in [4.69, 9.17) is 9.47 Å². The van der Waals surface area contributed by atoms with Gasteiger partial charge in [0.15, 0.2) is 0 Å². The molecule has 0 unspecified atom stereocenters. The molecule has 7 heteroatoms. The molecular formula is C24H26BrNO5. The molecule has 6 nitrogen and oxygen atoms in total. The summed E-state index contributed by atoms with van der Waals surface area (Å²) < 4.78 is 11.6. The third kappa shape index (κ3) is 5.94. The molecule has 0 fully saturated rings. The van der Waals surface area contributed by atoms with Crippen LogP contribution >= 0.6 is 15.9 Å². The number of fused-ring (bicyclic) bond motifs is 1. The number of ether oxygens (including phenoxy) is 2. The molecule has 164 valence electrons. The second-order valence-electron chi connectivity index (χ2n) is 7.70. The van der Waals surface area contributed by atoms with Crippen LogP contribution in [0.4, 0.5) is 0 Å². The zero-order valence-corrected chi connectivity index (χ0v) is 19.3. The number of benzene rings is 2. The van der Waals surface area contributed by atoms with Crippen LogP contribution in [-0.4, -0.2) is 42.4 Å². The number of rotatable bonds is 10. The Morgan fingerprint density at radius 3 is 2.39 bits per heavy atom. The fourth-order valence-corrected chi connectivity index (χ4v) is 3.66. The number of carbonyl (C=O) groups is 3. The average molecular weight is 488 g/mol. The van der Waals surface area contributed by atoms with Gasteiger partial charge in [0.05, 0.1) is 24.3 Å². The molecule has 0 aromatic heterocycles. The molecule has 0 N–H and O–H groups in total. The summed E-state index contributed by atoms with van der Waals surface area (Å²) in [6.45, 7) is 5.09. The molecule has 0 saturated carbocycles. The number of halogens is 1. The molecule has 2 amide bonds. The predicted octanol–water partition coefficient (Wildman–Crippen LogP) is 4.96. The smallest absolute Gasteiger partial charge is 0.305 e. The summed E-state index contributed by atoms with van der Waals surface area (Å²) in [5.74, 6) is 0.322. The minimum absolute atomic E-state index is 0.160. The molecule has 0 radical (unpaired) electrons. The summed E-state index contributed by atoms with van der Waals surface area (Å²) in [6.07, 6.45) is 1.21. The van der Waals surface area contributed by atoms with E-state index in [0.717, 1.165) is 10.2 Å². The number of hydrogen-bond acceptors (Lipinski definition) is 5. The van der Waals surface area contributed by atoms with Crippen molar-refractivity contribution in [1.29, 1.82) is 0 Å². The number of imide groups is 1. The van der Waals surface area contributed by atoms with Crippen molar-refractivity contribution < 1.29 is 23.9 Å². The van der Waals surface area contributed by atoms with Gasteiger partial charge in [-0.15, -0.1) is 0 Å². The highest BCUT2D eigenvalue weighted by Gasteiger charge is 2.35. The van der Waals surface area contributed by atoms with Gasteiger partial charge in [0.1, 0.15) is 5.75 Å². The summed E-state index contributed by atoms with van der Waals surface area (Å²) in [7, 11) is 0. The Kier molecular flexibility index (Phi) is 7.85. The number of nitrogens with zero attached hydrogens (tertiary/aromatic N) is 1. The molecule has 1 aliphatic rings. The maximum atomic E-state index is 12.4. The molecule has 0 saturated heterocycles. The van der Waals surface area contributed by atoms with Gasteiger partial charge in [-0.3, -0.25) is 19.3 Å². The molecule has 0 spiro atoms. The molecule has 0 aliphatic carbocycles. The molecule has 3 rings (SSSR count). The molecule has 2 aromatic carbocycles. The second kappa shape index (κ2) is 10.6. The molecule has 0 atom stereocenters. The Morgan fingerprint density at radius 2 is 1.68 bits per heavy atom. The third-order valence-electron chi connectivity index (χ3n) is 5.06. The predicted molar refractivity (Wildman–Crippen MR) is 120 cm³/mol. The lowest BCUT2D eigenvalue weighted by molar-refractivity contribution is -0.144. The van der Waals surface area contributed by atoms with Gasteiger partial charge in [0, 0.05) is 17.4 Å². The SMILES string of the molecule is CC(C)c1ccc(OCCCC(=O)OCCCN2C(=O)c3ccc(Br)cc3C2=O)cc1. The fourth-order valence-electron chi connectivity index (χ4n) is 3.30. The lowest BCUT2D eigenvalue weighted by atomic mass is 10.0. The van der Waals surface area contributed by atoms with Crippen molar-refractivity contribution >= 4 is 33.7 Å². The zero-order valence-electron chi connectivity index (χ0n) is 17.7. The van der Waals surface area contributed by atoms with Crippen LogP contribution in [0.5, 0.6) is 5.75 Å². The monoisotopic (exact) mass is 487 g/mol. The van der Waals surface area contributed by atoms with Crippen molar-refractivity contribution in [2.24, 2.45) is 0 Å². The van der Waals surface area contributed by atoms with Gasteiger partial charge < -0.3 is 9.47 Å². The van der Waals surface area contributed by atoms with E-state index in [1.807, 2.05) is 24.3 Å². The largest absolute Gasteiger partial charge is 0.494 e. The van der Waals surface area contributed by atoms with Crippen LogP contribution in [0.25, 0.3) is 0 Å². The highest BCUT2D eigenvalue weighted by Crippen LogP contribution is 2.26. The average Bonchev–Trinajstić information content (AvgIpc) is 2.98. The van der Waals surface area contributed by atoms with Crippen LogP contribution < -0.4 is 4.74 Å². The van der Waals surface area contributed by atoms with Crippen LogP contribution in [0.2, 0.25) is 0 Å². The van der Waals surface area contributed by atoms with E-state index in [9.17, 15) is 14.4 Å². The Bertz CT molecular complexity index is 955. The quantitative estimate of drug-likeness (QED) is 0.269. The zero-order chi connectivity index (χ0) is 22.4. The summed E-state index contributed by atoms with van der Waals surface area (Å²) in [5, 5.41) is 0. The first-order valence-corrected chi connectivity index (χ1v) is 11.2. The molecule has 0 bridgehead atoms. The first-order valence-electron chi connectivity index (χ1n) is 10.4. The van der Waals surface area contributed by atoms with Crippen LogP contribution in [0, 0.1) is 0 Å². The van der Waals surface area contributed by atoms with Crippen molar-refractivity contribution in [3.63, 3.8) is 0 Å². The maximum absolute atomic E-state index is 12.4. The van der Waals surface area contributed by atoms with Gasteiger partial charge in [-0.2, -0.15) is 0 Å². The van der Waals surface area contributed by atoms with Crippen molar-refractivity contribution in [3.05, 3.63) is 63.6 Å². The Balaban J connectivity index is 1.31. The second-order valence-corrected chi connectivity index (χ2v) is 8.62. The molecule has 31 heavy (non-hydrogen) atoms. The number of hydrogen-bond donors (Lipinski definition) is 0. The summed E-state index contributed by atoms with van der Waals surface area (Å²) in [5.41, 5.74) is 2.06. The van der Waals surface area contributed by atoms with Gasteiger partial charge in [-0.1, -0.05) is 41.9 Å². The highest BCUT2D eigenvalue weighted by atomic mass is 79.9. The van der Waals surface area contributed by atoms with Crippen molar-refractivity contribution in [2.75, 3.05) is 19.8 Å². The third-order valence-corrected chi connectivity index (χ3v) is 5.56. The first kappa shape index (κ1) is 23.0. The molecule has 1 heterocycles. The van der Waals surface area contributed by atoms with Crippen LogP contribution in [0.1, 0.15) is 65.3 Å². The van der Waals surface area contributed by atoms with E-state index in [1.54, 1.807) is 18.2 Å². The highest BCUT2D eigenvalue weighted by molar-refractivity contribution is 9.10. The van der Waals surface area contributed by atoms with E-state index < -0.39 is 0 Å². The topological polar surface area (TPSA) is 72.9 Å².